The minimum Gasteiger partial charge on any atom is -0.497 e. The van der Waals surface area contributed by atoms with Gasteiger partial charge in [0.15, 0.2) is 20.4 Å². The fraction of sp³-hybridized carbons (Fsp3) is 0.172. The molecule has 6 aromatic rings. The van der Waals surface area contributed by atoms with Crippen molar-refractivity contribution in [3.63, 3.8) is 0 Å². The van der Waals surface area contributed by atoms with E-state index in [0.29, 0.717) is 38.6 Å². The zero-order valence-corrected chi connectivity index (χ0v) is 24.9. The number of carbonyl (C=O) groups excluding carboxylic acids is 1. The van der Waals surface area contributed by atoms with Gasteiger partial charge in [0, 0.05) is 11.8 Å². The van der Waals surface area contributed by atoms with E-state index in [9.17, 15) is 4.79 Å². The Labute approximate surface area is 248 Å². The topological polar surface area (TPSA) is 91.9 Å². The molecule has 0 spiro atoms. The third-order valence-corrected chi connectivity index (χ3v) is 8.66. The minimum atomic E-state index is -0.202. The van der Waals surface area contributed by atoms with Crippen molar-refractivity contribution in [3.8, 4) is 22.9 Å². The molecular weight excluding hydrogens is 579 g/mol. The molecule has 0 bridgehead atoms. The summed E-state index contributed by atoms with van der Waals surface area (Å²) in [6.45, 7) is 2.54. The van der Waals surface area contributed by atoms with E-state index in [1.807, 2.05) is 64.4 Å². The minimum absolute atomic E-state index is 0.114. The number of ether oxygens (including phenoxy) is 3. The summed E-state index contributed by atoms with van der Waals surface area (Å²) in [5, 5.41) is 3.56. The lowest BCUT2D eigenvalue weighted by Gasteiger charge is -2.12. The number of rotatable bonds is 9. The number of hydrogen-bond donors (Lipinski definition) is 1. The molecule has 6 rings (SSSR count). The largest absolute Gasteiger partial charge is 0.497 e. The van der Waals surface area contributed by atoms with Gasteiger partial charge < -0.3 is 19.5 Å². The molecule has 0 saturated carbocycles. The lowest BCUT2D eigenvalue weighted by Crippen LogP contribution is -2.15. The van der Waals surface area contributed by atoms with Crippen LogP contribution in [-0.2, 0) is 4.79 Å². The number of hydrogen-bond acceptors (Lipinski definition) is 9. The number of anilines is 1. The van der Waals surface area contributed by atoms with Gasteiger partial charge >= 0.3 is 0 Å². The van der Waals surface area contributed by atoms with Crippen LogP contribution in [-0.4, -0.2) is 51.4 Å². The van der Waals surface area contributed by atoms with Crippen molar-refractivity contribution in [2.24, 2.45) is 0 Å². The Kier molecular flexibility index (Phi) is 7.52. The maximum absolute atomic E-state index is 13.1. The first kappa shape index (κ1) is 27.1. The van der Waals surface area contributed by atoms with Crippen molar-refractivity contribution >= 4 is 73.9 Å². The second-order valence-electron chi connectivity index (χ2n) is 8.84. The van der Waals surface area contributed by atoms with Gasteiger partial charge in [0.25, 0.3) is 0 Å². The van der Waals surface area contributed by atoms with Gasteiger partial charge in [-0.15, -0.1) is 0 Å². The van der Waals surface area contributed by atoms with Gasteiger partial charge in [0.1, 0.15) is 21.9 Å². The SMILES string of the molecule is CCOc1ccc(-n2c(=S)sc3c2nc(SCC(=O)Nc2ccc(OC)cc2OC)n2c4ccccc4nc32)cc1. The summed E-state index contributed by atoms with van der Waals surface area (Å²) >= 11 is 8.60. The first-order valence-corrected chi connectivity index (χ1v) is 14.9. The van der Waals surface area contributed by atoms with Gasteiger partial charge in [0.05, 0.1) is 43.3 Å². The number of fused-ring (bicyclic) bond motifs is 5. The van der Waals surface area contributed by atoms with Crippen LogP contribution in [0.5, 0.6) is 17.2 Å². The normalized spacial score (nSPS) is 11.3. The Bertz CT molecular complexity index is 1960. The maximum Gasteiger partial charge on any atom is 0.234 e. The van der Waals surface area contributed by atoms with E-state index in [1.165, 1.54) is 23.1 Å². The van der Waals surface area contributed by atoms with Crippen molar-refractivity contribution in [3.05, 3.63) is 70.7 Å². The van der Waals surface area contributed by atoms with Gasteiger partial charge in [-0.05, 0) is 67.7 Å². The number of nitrogens with one attached hydrogen (secondary N) is 1. The van der Waals surface area contributed by atoms with Gasteiger partial charge in [0.2, 0.25) is 5.91 Å². The smallest absolute Gasteiger partial charge is 0.234 e. The zero-order valence-electron chi connectivity index (χ0n) is 22.4. The van der Waals surface area contributed by atoms with Crippen LogP contribution in [0.15, 0.2) is 71.9 Å². The summed E-state index contributed by atoms with van der Waals surface area (Å²) in [6, 6.07) is 20.9. The lowest BCUT2D eigenvalue weighted by atomic mass is 10.2. The molecule has 1 amide bonds. The van der Waals surface area contributed by atoms with E-state index in [2.05, 4.69) is 5.32 Å². The van der Waals surface area contributed by atoms with E-state index in [4.69, 9.17) is 36.4 Å². The van der Waals surface area contributed by atoms with Gasteiger partial charge in [-0.1, -0.05) is 35.2 Å². The first-order chi connectivity index (χ1) is 20.0. The second kappa shape index (κ2) is 11.4. The molecule has 41 heavy (non-hydrogen) atoms. The molecule has 0 aliphatic heterocycles. The van der Waals surface area contributed by atoms with Crippen molar-refractivity contribution in [2.45, 2.75) is 12.1 Å². The molecular formula is C29H25N5O4S3. The van der Waals surface area contributed by atoms with E-state index in [1.54, 1.807) is 32.4 Å². The first-order valence-electron chi connectivity index (χ1n) is 12.7. The van der Waals surface area contributed by atoms with Crippen LogP contribution in [0.25, 0.3) is 32.7 Å². The predicted molar refractivity (Wildman–Crippen MR) is 166 cm³/mol. The van der Waals surface area contributed by atoms with Crippen molar-refractivity contribution in [2.75, 3.05) is 31.9 Å². The molecule has 0 atom stereocenters. The summed E-state index contributed by atoms with van der Waals surface area (Å²) in [6.07, 6.45) is 0. The van der Waals surface area contributed by atoms with Crippen LogP contribution in [0.3, 0.4) is 0 Å². The summed E-state index contributed by atoms with van der Waals surface area (Å²) in [5.74, 6) is 1.85. The zero-order chi connectivity index (χ0) is 28.5. The maximum atomic E-state index is 13.1. The molecule has 0 saturated heterocycles. The number of carbonyl (C=O) groups is 1. The van der Waals surface area contributed by atoms with Crippen LogP contribution >= 0.6 is 35.3 Å². The van der Waals surface area contributed by atoms with Crippen molar-refractivity contribution < 1.29 is 19.0 Å². The fourth-order valence-corrected chi connectivity index (χ4v) is 6.68. The Morgan fingerprint density at radius 3 is 2.54 bits per heavy atom. The Morgan fingerprint density at radius 1 is 1.00 bits per heavy atom. The number of methoxy groups -OCH3 is 2. The highest BCUT2D eigenvalue weighted by Gasteiger charge is 2.20. The molecule has 12 heteroatoms. The highest BCUT2D eigenvalue weighted by Crippen LogP contribution is 2.35. The number of amides is 1. The van der Waals surface area contributed by atoms with E-state index in [-0.39, 0.29) is 11.7 Å². The molecule has 0 radical (unpaired) electrons. The average molecular weight is 604 g/mol. The highest BCUT2D eigenvalue weighted by molar-refractivity contribution is 7.99. The summed E-state index contributed by atoms with van der Waals surface area (Å²) in [4.78, 5) is 23.1. The number of imidazole rings is 1. The third-order valence-electron chi connectivity index (χ3n) is 6.36. The molecule has 1 N–H and O–H groups in total. The Hall–Kier alpha value is -4.13. The fourth-order valence-electron chi connectivity index (χ4n) is 4.53. The predicted octanol–water partition coefficient (Wildman–Crippen LogP) is 6.76. The summed E-state index contributed by atoms with van der Waals surface area (Å²) in [7, 11) is 3.13. The van der Waals surface area contributed by atoms with Crippen LogP contribution in [0.2, 0.25) is 0 Å². The average Bonchev–Trinajstić information content (AvgIpc) is 3.54. The number of thioether (sulfide) groups is 1. The highest BCUT2D eigenvalue weighted by atomic mass is 32.2. The molecule has 3 aromatic heterocycles. The van der Waals surface area contributed by atoms with Crippen LogP contribution in [0, 0.1) is 3.95 Å². The summed E-state index contributed by atoms with van der Waals surface area (Å²) < 4.78 is 21.8. The molecule has 0 fully saturated rings. The number of para-hydroxylation sites is 2. The molecule has 9 nitrogen and oxygen atoms in total. The quantitative estimate of drug-likeness (QED) is 0.110. The standard InChI is InChI=1S/C29H25N5O4S3/c1-4-38-18-11-9-17(10-12-18)33-27-25(41-29(33)39)26-31-20-7-5-6-8-22(20)34(26)28(32-27)40-16-24(35)30-21-14-13-19(36-2)15-23(21)37-3/h5-15H,4,16H2,1-3H3,(H,30,35). The van der Waals surface area contributed by atoms with Gasteiger partial charge in [-0.25, -0.2) is 9.97 Å². The number of nitrogens with zero attached hydrogens (tertiary/aromatic N) is 4. The Balaban J connectivity index is 1.41. The van der Waals surface area contributed by atoms with Gasteiger partial charge in [-0.3, -0.25) is 13.8 Å². The molecule has 3 aromatic carbocycles. The van der Waals surface area contributed by atoms with Crippen LogP contribution < -0.4 is 19.5 Å². The van der Waals surface area contributed by atoms with Crippen molar-refractivity contribution in [1.29, 1.82) is 0 Å². The number of benzene rings is 3. The monoisotopic (exact) mass is 603 g/mol. The lowest BCUT2D eigenvalue weighted by molar-refractivity contribution is -0.113. The second-order valence-corrected chi connectivity index (χ2v) is 11.4. The van der Waals surface area contributed by atoms with Crippen LogP contribution in [0.1, 0.15) is 6.92 Å². The molecule has 0 unspecified atom stereocenters. The van der Waals surface area contributed by atoms with Gasteiger partial charge in [-0.2, -0.15) is 0 Å². The van der Waals surface area contributed by atoms with Crippen molar-refractivity contribution in [1.82, 2.24) is 18.9 Å². The van der Waals surface area contributed by atoms with E-state index in [0.717, 1.165) is 32.8 Å². The Morgan fingerprint density at radius 2 is 1.78 bits per heavy atom. The van der Waals surface area contributed by atoms with E-state index >= 15 is 0 Å². The third kappa shape index (κ3) is 5.09. The molecule has 0 aliphatic rings. The molecule has 3 heterocycles. The summed E-state index contributed by atoms with van der Waals surface area (Å²) in [5.41, 5.74) is 4.61. The molecule has 208 valence electrons. The number of aromatic nitrogens is 4. The molecule has 0 aliphatic carbocycles. The van der Waals surface area contributed by atoms with Crippen LogP contribution in [0.4, 0.5) is 5.69 Å². The van der Waals surface area contributed by atoms with E-state index < -0.39 is 0 Å². The number of thiazole rings is 1.